The number of nitrogens with two attached hydrogens (primary N) is 1. The molecule has 0 aliphatic heterocycles. The van der Waals surface area contributed by atoms with E-state index < -0.39 is 0 Å². The van der Waals surface area contributed by atoms with Crippen LogP contribution in [0.4, 0.5) is 0 Å². The Labute approximate surface area is 88.5 Å². The number of thiazole rings is 1. The van der Waals surface area contributed by atoms with E-state index in [0.717, 1.165) is 16.8 Å². The summed E-state index contributed by atoms with van der Waals surface area (Å²) < 4.78 is 0. The lowest BCUT2D eigenvalue weighted by molar-refractivity contribution is 0.530. The van der Waals surface area contributed by atoms with Gasteiger partial charge >= 0.3 is 0 Å². The normalized spacial score (nSPS) is 39.9. The largest absolute Gasteiger partial charge is 0.325 e. The minimum atomic E-state index is 0.546. The molecule has 2 N–H and O–H groups in total. The zero-order valence-electron chi connectivity index (χ0n) is 8.49. The van der Waals surface area contributed by atoms with Crippen LogP contribution < -0.4 is 5.73 Å². The molecular formula is C11H16N2S. The third-order valence-corrected chi connectivity index (χ3v) is 5.32. The van der Waals surface area contributed by atoms with Gasteiger partial charge in [0.05, 0.1) is 0 Å². The van der Waals surface area contributed by atoms with Crippen molar-refractivity contribution < 1.29 is 0 Å². The van der Waals surface area contributed by atoms with Gasteiger partial charge in [-0.05, 0) is 31.1 Å². The van der Waals surface area contributed by atoms with E-state index in [2.05, 4.69) is 18.1 Å². The Morgan fingerprint density at radius 1 is 1.71 bits per heavy atom. The SMILES string of the molecule is C[C@@H]1CCC2(c3cnc(CN)s3)CC12. The second kappa shape index (κ2) is 2.80. The Hall–Kier alpha value is -0.410. The highest BCUT2D eigenvalue weighted by molar-refractivity contribution is 7.11. The number of rotatable bonds is 2. The Kier molecular flexibility index (Phi) is 1.77. The first-order chi connectivity index (χ1) is 6.76. The first-order valence-electron chi connectivity index (χ1n) is 5.41. The smallest absolute Gasteiger partial charge is 0.106 e. The monoisotopic (exact) mass is 208 g/mol. The quantitative estimate of drug-likeness (QED) is 0.810. The molecule has 76 valence electrons. The number of aromatic nitrogens is 1. The summed E-state index contributed by atoms with van der Waals surface area (Å²) in [5.41, 5.74) is 6.14. The predicted molar refractivity (Wildman–Crippen MR) is 58.2 cm³/mol. The molecule has 0 saturated heterocycles. The van der Waals surface area contributed by atoms with E-state index in [9.17, 15) is 0 Å². The van der Waals surface area contributed by atoms with Gasteiger partial charge in [0, 0.05) is 23.0 Å². The Morgan fingerprint density at radius 3 is 3.07 bits per heavy atom. The molecule has 0 radical (unpaired) electrons. The van der Waals surface area contributed by atoms with Crippen LogP contribution in [0.2, 0.25) is 0 Å². The van der Waals surface area contributed by atoms with Gasteiger partial charge in [-0.2, -0.15) is 0 Å². The second-order valence-electron chi connectivity index (χ2n) is 4.81. The Bertz CT molecular complexity index is 360. The van der Waals surface area contributed by atoms with Crippen LogP contribution in [-0.4, -0.2) is 4.98 Å². The molecule has 2 unspecified atom stereocenters. The third-order valence-electron chi connectivity index (χ3n) is 4.09. The number of fused-ring (bicyclic) bond motifs is 1. The molecule has 0 amide bonds. The molecule has 14 heavy (non-hydrogen) atoms. The zero-order valence-corrected chi connectivity index (χ0v) is 9.31. The van der Waals surface area contributed by atoms with Gasteiger partial charge in [0.15, 0.2) is 0 Å². The minimum absolute atomic E-state index is 0.546. The summed E-state index contributed by atoms with van der Waals surface area (Å²) in [4.78, 5) is 5.88. The lowest BCUT2D eigenvalue weighted by Crippen LogP contribution is -2.01. The molecule has 0 bridgehead atoms. The van der Waals surface area contributed by atoms with Crippen LogP contribution in [0.3, 0.4) is 0 Å². The molecule has 0 spiro atoms. The lowest BCUT2D eigenvalue weighted by Gasteiger charge is -2.06. The molecule has 2 aliphatic carbocycles. The van der Waals surface area contributed by atoms with E-state index in [-0.39, 0.29) is 0 Å². The van der Waals surface area contributed by atoms with E-state index in [0.29, 0.717) is 12.0 Å². The third kappa shape index (κ3) is 1.03. The molecule has 2 aliphatic rings. The van der Waals surface area contributed by atoms with Crippen LogP contribution in [0.25, 0.3) is 0 Å². The minimum Gasteiger partial charge on any atom is -0.325 e. The summed E-state index contributed by atoms with van der Waals surface area (Å²) in [6, 6.07) is 0. The van der Waals surface area contributed by atoms with Crippen LogP contribution in [0.1, 0.15) is 36.1 Å². The van der Waals surface area contributed by atoms with E-state index in [1.165, 1.54) is 24.1 Å². The summed E-state index contributed by atoms with van der Waals surface area (Å²) in [5, 5.41) is 1.10. The van der Waals surface area contributed by atoms with Crippen LogP contribution in [0.15, 0.2) is 6.20 Å². The predicted octanol–water partition coefficient (Wildman–Crippen LogP) is 2.29. The lowest BCUT2D eigenvalue weighted by atomic mass is 10.0. The second-order valence-corrected chi connectivity index (χ2v) is 5.92. The van der Waals surface area contributed by atoms with Crippen LogP contribution in [0.5, 0.6) is 0 Å². The number of hydrogen-bond acceptors (Lipinski definition) is 3. The maximum atomic E-state index is 5.59. The molecule has 0 aromatic carbocycles. The molecular weight excluding hydrogens is 192 g/mol. The van der Waals surface area contributed by atoms with Gasteiger partial charge in [0.25, 0.3) is 0 Å². The fraction of sp³-hybridized carbons (Fsp3) is 0.727. The maximum absolute atomic E-state index is 5.59. The zero-order chi connectivity index (χ0) is 9.76. The first kappa shape index (κ1) is 8.86. The standard InChI is InChI=1S/C11H16N2S/c1-7-2-3-11(4-8(7)11)9-6-13-10(5-12)14-9/h6-8H,2-5,12H2,1H3/t7-,8?,11?/m1/s1. The van der Waals surface area contributed by atoms with Gasteiger partial charge in [0.2, 0.25) is 0 Å². The van der Waals surface area contributed by atoms with Crippen LogP contribution in [-0.2, 0) is 12.0 Å². The van der Waals surface area contributed by atoms with Crippen molar-refractivity contribution in [3.63, 3.8) is 0 Å². The van der Waals surface area contributed by atoms with Gasteiger partial charge in [-0.25, -0.2) is 4.98 Å². The van der Waals surface area contributed by atoms with Crippen LogP contribution in [0, 0.1) is 11.8 Å². The Morgan fingerprint density at radius 2 is 2.57 bits per heavy atom. The van der Waals surface area contributed by atoms with Gasteiger partial charge in [-0.3, -0.25) is 0 Å². The number of hydrogen-bond donors (Lipinski definition) is 1. The molecule has 3 rings (SSSR count). The molecule has 1 aromatic heterocycles. The van der Waals surface area contributed by atoms with Crippen molar-refractivity contribution in [2.24, 2.45) is 17.6 Å². The fourth-order valence-corrected chi connectivity index (χ4v) is 4.18. The molecule has 1 heterocycles. The highest BCUT2D eigenvalue weighted by Gasteiger charge is 2.61. The first-order valence-corrected chi connectivity index (χ1v) is 6.23. The summed E-state index contributed by atoms with van der Waals surface area (Å²) in [6.45, 7) is 2.99. The summed E-state index contributed by atoms with van der Waals surface area (Å²) in [7, 11) is 0. The molecule has 3 heteroatoms. The van der Waals surface area contributed by atoms with Crippen molar-refractivity contribution in [1.29, 1.82) is 0 Å². The topological polar surface area (TPSA) is 38.9 Å². The van der Waals surface area contributed by atoms with Gasteiger partial charge < -0.3 is 5.73 Å². The van der Waals surface area contributed by atoms with Crippen molar-refractivity contribution in [2.75, 3.05) is 0 Å². The van der Waals surface area contributed by atoms with Gasteiger partial charge in [-0.15, -0.1) is 11.3 Å². The average molecular weight is 208 g/mol. The van der Waals surface area contributed by atoms with Gasteiger partial charge in [-0.1, -0.05) is 6.92 Å². The average Bonchev–Trinajstić information content (AvgIpc) is 2.60. The maximum Gasteiger partial charge on any atom is 0.106 e. The molecule has 2 nitrogen and oxygen atoms in total. The molecule has 2 saturated carbocycles. The van der Waals surface area contributed by atoms with E-state index in [1.54, 1.807) is 0 Å². The van der Waals surface area contributed by atoms with E-state index in [4.69, 9.17) is 5.73 Å². The molecule has 3 atom stereocenters. The van der Waals surface area contributed by atoms with Crippen molar-refractivity contribution in [2.45, 2.75) is 38.1 Å². The van der Waals surface area contributed by atoms with Gasteiger partial charge in [0.1, 0.15) is 5.01 Å². The van der Waals surface area contributed by atoms with Crippen LogP contribution >= 0.6 is 11.3 Å². The highest BCUT2D eigenvalue weighted by atomic mass is 32.1. The summed E-state index contributed by atoms with van der Waals surface area (Å²) >= 11 is 1.84. The van der Waals surface area contributed by atoms with Crippen molar-refractivity contribution >= 4 is 11.3 Å². The van der Waals surface area contributed by atoms with E-state index in [1.807, 2.05) is 11.3 Å². The highest BCUT2D eigenvalue weighted by Crippen LogP contribution is 2.67. The molecule has 1 aromatic rings. The number of nitrogens with zero attached hydrogens (tertiary/aromatic N) is 1. The van der Waals surface area contributed by atoms with E-state index >= 15 is 0 Å². The summed E-state index contributed by atoms with van der Waals surface area (Å²) in [6.07, 6.45) is 6.26. The van der Waals surface area contributed by atoms with Crippen molar-refractivity contribution in [3.8, 4) is 0 Å². The fourth-order valence-electron chi connectivity index (χ4n) is 3.09. The molecule has 2 fully saturated rings. The Balaban J connectivity index is 1.90. The summed E-state index contributed by atoms with van der Waals surface area (Å²) in [5.74, 6) is 1.88. The van der Waals surface area contributed by atoms with Crippen molar-refractivity contribution in [3.05, 3.63) is 16.1 Å². The van der Waals surface area contributed by atoms with Crippen molar-refractivity contribution in [1.82, 2.24) is 4.98 Å².